The van der Waals surface area contributed by atoms with E-state index < -0.39 is 5.41 Å². The van der Waals surface area contributed by atoms with E-state index in [0.717, 1.165) is 56.4 Å². The van der Waals surface area contributed by atoms with Crippen LogP contribution in [0, 0.1) is 5.41 Å². The van der Waals surface area contributed by atoms with Crippen molar-refractivity contribution in [2.24, 2.45) is 5.41 Å². The van der Waals surface area contributed by atoms with E-state index in [9.17, 15) is 14.4 Å². The molecule has 38 heavy (non-hydrogen) atoms. The molecule has 10 nitrogen and oxygen atoms in total. The minimum atomic E-state index is -1.04. The van der Waals surface area contributed by atoms with Crippen LogP contribution in [0.25, 0.3) is 0 Å². The summed E-state index contributed by atoms with van der Waals surface area (Å²) in [5, 5.41) is 6.10. The average Bonchev–Trinajstić information content (AvgIpc) is 3.68. The maximum atomic E-state index is 13.8. The Morgan fingerprint density at radius 3 is 2.55 bits per heavy atom. The fourth-order valence-electron chi connectivity index (χ4n) is 6.42. The van der Waals surface area contributed by atoms with Crippen molar-refractivity contribution in [3.63, 3.8) is 0 Å². The molecule has 0 bridgehead atoms. The van der Waals surface area contributed by atoms with Gasteiger partial charge in [0, 0.05) is 61.1 Å². The number of likely N-dealkylation sites (tertiary alicyclic amines) is 1. The Balaban J connectivity index is 1.22. The van der Waals surface area contributed by atoms with Crippen molar-refractivity contribution in [3.8, 4) is 0 Å². The fraction of sp³-hybridized carbons (Fsp3) is 0.536. The van der Waals surface area contributed by atoms with E-state index in [1.165, 1.54) is 0 Å². The number of nitrogens with one attached hydrogen (secondary N) is 2. The molecule has 1 aliphatic carbocycles. The highest BCUT2D eigenvalue weighted by molar-refractivity contribution is 6.14. The van der Waals surface area contributed by atoms with Gasteiger partial charge in [0.25, 0.3) is 5.91 Å². The topological polar surface area (TPSA) is 111 Å². The molecule has 200 valence electrons. The minimum Gasteiger partial charge on any atom is -0.355 e. The van der Waals surface area contributed by atoms with Crippen LogP contribution in [0.2, 0.25) is 0 Å². The molecule has 0 unspecified atom stereocenters. The Morgan fingerprint density at radius 2 is 1.89 bits per heavy atom. The predicted octanol–water partition coefficient (Wildman–Crippen LogP) is 2.33. The lowest BCUT2D eigenvalue weighted by atomic mass is 9.76. The molecule has 2 N–H and O–H groups in total. The highest BCUT2D eigenvalue weighted by atomic mass is 16.2. The molecular weight excluding hydrogens is 482 g/mol. The molecule has 1 saturated carbocycles. The largest absolute Gasteiger partial charge is 0.355 e. The maximum absolute atomic E-state index is 13.8. The zero-order valence-electron chi connectivity index (χ0n) is 22.1. The van der Waals surface area contributed by atoms with Gasteiger partial charge in [-0.25, -0.2) is 4.98 Å². The number of nitrogens with zero attached hydrogens (tertiary/aromatic N) is 5. The molecule has 3 amide bonds. The Morgan fingerprint density at radius 1 is 1.13 bits per heavy atom. The van der Waals surface area contributed by atoms with Crippen LogP contribution in [0.15, 0.2) is 30.5 Å². The summed E-state index contributed by atoms with van der Waals surface area (Å²) >= 11 is 0. The Bertz CT molecular complexity index is 1260. The van der Waals surface area contributed by atoms with Gasteiger partial charge >= 0.3 is 0 Å². The van der Waals surface area contributed by atoms with Crippen molar-refractivity contribution in [1.29, 1.82) is 0 Å². The number of carbonyl (C=O) groups excluding carboxylic acids is 3. The first-order valence-corrected chi connectivity index (χ1v) is 13.7. The molecule has 1 aromatic heterocycles. The van der Waals surface area contributed by atoms with Crippen LogP contribution in [0.4, 0.5) is 17.5 Å². The first kappa shape index (κ1) is 24.8. The molecule has 1 aromatic carbocycles. The van der Waals surface area contributed by atoms with Crippen LogP contribution < -0.4 is 15.5 Å². The number of aromatic nitrogens is 2. The second-order valence-electron chi connectivity index (χ2n) is 11.3. The molecule has 3 fully saturated rings. The summed E-state index contributed by atoms with van der Waals surface area (Å²) in [4.78, 5) is 54.7. The quantitative estimate of drug-likeness (QED) is 0.586. The Kier molecular flexibility index (Phi) is 6.29. The van der Waals surface area contributed by atoms with Crippen molar-refractivity contribution in [1.82, 2.24) is 25.1 Å². The normalized spacial score (nSPS) is 25.4. The summed E-state index contributed by atoms with van der Waals surface area (Å²) in [6.07, 6.45) is 7.53. The molecule has 4 aliphatic rings. The number of benzene rings is 1. The smallest absolute Gasteiger partial charge is 0.253 e. The SMILES string of the molecule is CN(C)[C@H]1CCN(C(=O)c2ccc(Nc3ncc4c(n3)N(C3CCCC3)C(=O)[C@]3(CCNC3=O)C4)cc2)C1. The van der Waals surface area contributed by atoms with E-state index in [2.05, 4.69) is 20.5 Å². The van der Waals surface area contributed by atoms with Gasteiger partial charge in [-0.15, -0.1) is 0 Å². The van der Waals surface area contributed by atoms with Crippen molar-refractivity contribution in [2.75, 3.05) is 43.9 Å². The van der Waals surface area contributed by atoms with Crippen LogP contribution in [-0.2, 0) is 16.0 Å². The fourth-order valence-corrected chi connectivity index (χ4v) is 6.42. The lowest BCUT2D eigenvalue weighted by molar-refractivity contribution is -0.140. The number of hydrogen-bond acceptors (Lipinski definition) is 7. The van der Waals surface area contributed by atoms with Gasteiger partial charge in [0.15, 0.2) is 0 Å². The molecular formula is C28H35N7O3. The monoisotopic (exact) mass is 517 g/mol. The van der Waals surface area contributed by atoms with Crippen LogP contribution >= 0.6 is 0 Å². The van der Waals surface area contributed by atoms with E-state index in [4.69, 9.17) is 4.98 Å². The van der Waals surface area contributed by atoms with Crippen LogP contribution in [0.5, 0.6) is 0 Å². The van der Waals surface area contributed by atoms with Gasteiger partial charge < -0.3 is 20.4 Å². The Labute approximate surface area is 222 Å². The third kappa shape index (κ3) is 4.20. The molecule has 10 heteroatoms. The number of anilines is 3. The molecule has 1 spiro atoms. The second kappa shape index (κ2) is 9.65. The van der Waals surface area contributed by atoms with Crippen molar-refractivity contribution >= 4 is 35.2 Å². The lowest BCUT2D eigenvalue weighted by Crippen LogP contribution is -2.56. The van der Waals surface area contributed by atoms with Crippen LogP contribution in [0.1, 0.15) is 54.4 Å². The van der Waals surface area contributed by atoms with Gasteiger partial charge in [0.05, 0.1) is 0 Å². The summed E-state index contributed by atoms with van der Waals surface area (Å²) in [5.41, 5.74) is 1.20. The van der Waals surface area contributed by atoms with Gasteiger partial charge in [-0.3, -0.25) is 19.3 Å². The third-order valence-electron chi connectivity index (χ3n) is 8.72. The third-order valence-corrected chi connectivity index (χ3v) is 8.72. The Hall–Kier alpha value is -3.53. The average molecular weight is 518 g/mol. The van der Waals surface area contributed by atoms with Gasteiger partial charge in [-0.1, -0.05) is 12.8 Å². The van der Waals surface area contributed by atoms with E-state index in [1.807, 2.05) is 43.3 Å². The standard InChI is InChI=1S/C28H35N7O3/c1-33(2)22-11-14-34(17-22)24(36)18-7-9-20(10-8-18)31-27-30-16-19-15-28(12-13-29-25(28)37)26(38)35(23(19)32-27)21-5-3-4-6-21/h7-10,16,21-22H,3-6,11-15,17H2,1-2H3,(H,29,37)(H,30,31,32)/t22-,28+/m0/s1. The number of likely N-dealkylation sites (N-methyl/N-ethyl adjacent to an activating group) is 1. The molecule has 0 radical (unpaired) electrons. The molecule has 4 heterocycles. The highest BCUT2D eigenvalue weighted by Crippen LogP contribution is 2.44. The lowest BCUT2D eigenvalue weighted by Gasteiger charge is -2.40. The summed E-state index contributed by atoms with van der Waals surface area (Å²) in [7, 11) is 4.10. The number of fused-ring (bicyclic) bond motifs is 1. The maximum Gasteiger partial charge on any atom is 0.253 e. The zero-order valence-corrected chi connectivity index (χ0v) is 22.1. The van der Waals surface area contributed by atoms with Gasteiger partial charge in [-0.05, 0) is 64.0 Å². The van der Waals surface area contributed by atoms with Crippen molar-refractivity contribution in [3.05, 3.63) is 41.6 Å². The van der Waals surface area contributed by atoms with Crippen molar-refractivity contribution < 1.29 is 14.4 Å². The summed E-state index contributed by atoms with van der Waals surface area (Å²) in [6, 6.07) is 7.80. The predicted molar refractivity (Wildman–Crippen MR) is 143 cm³/mol. The number of amides is 3. The number of hydrogen-bond donors (Lipinski definition) is 2. The van der Waals surface area contributed by atoms with Gasteiger partial charge in [-0.2, -0.15) is 4.98 Å². The zero-order chi connectivity index (χ0) is 26.4. The van der Waals surface area contributed by atoms with E-state index >= 15 is 0 Å². The summed E-state index contributed by atoms with van der Waals surface area (Å²) in [5.74, 6) is 0.735. The van der Waals surface area contributed by atoms with E-state index in [1.54, 1.807) is 11.1 Å². The molecule has 3 aliphatic heterocycles. The van der Waals surface area contributed by atoms with E-state index in [-0.39, 0.29) is 23.8 Å². The first-order valence-electron chi connectivity index (χ1n) is 13.7. The van der Waals surface area contributed by atoms with E-state index in [0.29, 0.717) is 42.8 Å². The first-order chi connectivity index (χ1) is 18.4. The van der Waals surface area contributed by atoms with Crippen LogP contribution in [0.3, 0.4) is 0 Å². The minimum absolute atomic E-state index is 0.0431. The van der Waals surface area contributed by atoms with Gasteiger partial charge in [0.1, 0.15) is 11.2 Å². The summed E-state index contributed by atoms with van der Waals surface area (Å²) in [6.45, 7) is 2.03. The highest BCUT2D eigenvalue weighted by Gasteiger charge is 2.56. The molecule has 6 rings (SSSR count). The second-order valence-corrected chi connectivity index (χ2v) is 11.3. The summed E-state index contributed by atoms with van der Waals surface area (Å²) < 4.78 is 0. The van der Waals surface area contributed by atoms with Gasteiger partial charge in [0.2, 0.25) is 17.8 Å². The number of rotatable bonds is 5. The molecule has 2 aromatic rings. The molecule has 2 saturated heterocycles. The number of carbonyl (C=O) groups is 3. The van der Waals surface area contributed by atoms with Crippen LogP contribution in [-0.4, -0.2) is 83.3 Å². The van der Waals surface area contributed by atoms with Crippen molar-refractivity contribution in [2.45, 2.75) is 57.0 Å². The molecule has 2 atom stereocenters.